The van der Waals surface area contributed by atoms with Gasteiger partial charge in [-0.2, -0.15) is 13.2 Å². The second-order valence-corrected chi connectivity index (χ2v) is 11.0. The minimum absolute atomic E-state index is 0.0562. The Balaban J connectivity index is 1.50. The Labute approximate surface area is 176 Å². The van der Waals surface area contributed by atoms with Gasteiger partial charge in [0, 0.05) is 11.5 Å². The van der Waals surface area contributed by atoms with Crippen molar-refractivity contribution in [2.75, 3.05) is 0 Å². The number of carbonyl (C=O) groups excluding carboxylic acids is 2. The van der Waals surface area contributed by atoms with Crippen molar-refractivity contribution in [2.45, 2.75) is 96.4 Å². The fraction of sp³-hybridized carbons (Fsp3) is 0.913. The lowest BCUT2D eigenvalue weighted by atomic mass is 9.44. The van der Waals surface area contributed by atoms with Gasteiger partial charge in [0.15, 0.2) is 5.78 Å². The van der Waals surface area contributed by atoms with E-state index in [1.54, 1.807) is 0 Å². The minimum atomic E-state index is -4.83. The van der Waals surface area contributed by atoms with E-state index in [9.17, 15) is 27.9 Å². The predicted molar refractivity (Wildman–Crippen MR) is 105 cm³/mol. The van der Waals surface area contributed by atoms with Crippen molar-refractivity contribution in [2.24, 2.45) is 34.5 Å². The Bertz CT molecular complexity index is 740. The summed E-state index contributed by atoms with van der Waals surface area (Å²) in [5.41, 5.74) is -1.54. The molecule has 4 rings (SSSR count). The van der Waals surface area contributed by atoms with E-state index >= 15 is 0 Å². The van der Waals surface area contributed by atoms with Crippen LogP contribution in [0, 0.1) is 34.5 Å². The third kappa shape index (κ3) is 3.05. The normalized spacial score (nSPS) is 48.3. The lowest BCUT2D eigenvalue weighted by molar-refractivity contribution is -0.177. The molecule has 1 amide bonds. The first kappa shape index (κ1) is 22.1. The molecule has 4 saturated carbocycles. The van der Waals surface area contributed by atoms with Crippen molar-refractivity contribution >= 4 is 11.7 Å². The van der Waals surface area contributed by atoms with Crippen LogP contribution >= 0.6 is 0 Å². The first-order valence-corrected chi connectivity index (χ1v) is 11.4. The summed E-state index contributed by atoms with van der Waals surface area (Å²) in [6, 6.07) is -0.406. The van der Waals surface area contributed by atoms with Gasteiger partial charge in [0.05, 0.1) is 0 Å². The van der Waals surface area contributed by atoms with Gasteiger partial charge in [-0.25, -0.2) is 0 Å². The molecule has 30 heavy (non-hydrogen) atoms. The SMILES string of the molecule is CC(=O)[C@@]1(O)CC[C@H]2[C@@H]3CCC4CC(NC(=O)C(F)(F)F)CC[C@]4(C)[C@H]3CC[C@@]21C. The molecule has 7 heteroatoms. The highest BCUT2D eigenvalue weighted by molar-refractivity contribution is 5.86. The number of aliphatic hydroxyl groups is 1. The monoisotopic (exact) mass is 429 g/mol. The molecule has 0 aromatic rings. The standard InChI is InChI=1S/C23H34F3NO3/c1-13(28)22(30)11-8-18-16-5-4-14-12-15(27-19(29)23(24,25)26)6-9-20(14,2)17(16)7-10-21(18,22)3/h14-18,30H,4-12H2,1-3H3,(H,27,29)/t14?,15?,16-,17+,18+,20+,21+,22+/m1/s1. The molecule has 0 aromatic heterocycles. The van der Waals surface area contributed by atoms with E-state index in [1.165, 1.54) is 6.92 Å². The molecule has 170 valence electrons. The number of Topliss-reactive ketones (excluding diaryl/α,β-unsaturated/α-hetero) is 1. The third-order valence-corrected chi connectivity index (χ3v) is 9.99. The number of amides is 1. The second-order valence-electron chi connectivity index (χ2n) is 11.0. The lowest BCUT2D eigenvalue weighted by Gasteiger charge is -2.61. The Morgan fingerprint density at radius 3 is 2.27 bits per heavy atom. The van der Waals surface area contributed by atoms with E-state index in [2.05, 4.69) is 19.2 Å². The number of rotatable bonds is 2. The van der Waals surface area contributed by atoms with E-state index in [1.807, 2.05) is 0 Å². The molecule has 4 nitrogen and oxygen atoms in total. The van der Waals surface area contributed by atoms with E-state index in [4.69, 9.17) is 0 Å². The van der Waals surface area contributed by atoms with Crippen molar-refractivity contribution in [3.8, 4) is 0 Å². The molecule has 4 aliphatic carbocycles. The van der Waals surface area contributed by atoms with Crippen LogP contribution in [-0.2, 0) is 9.59 Å². The smallest absolute Gasteiger partial charge is 0.382 e. The summed E-state index contributed by atoms with van der Waals surface area (Å²) < 4.78 is 38.0. The van der Waals surface area contributed by atoms with Crippen LogP contribution in [-0.4, -0.2) is 34.6 Å². The largest absolute Gasteiger partial charge is 0.471 e. The zero-order chi connectivity index (χ0) is 22.1. The Morgan fingerprint density at radius 2 is 1.63 bits per heavy atom. The first-order chi connectivity index (χ1) is 13.8. The molecule has 2 N–H and O–H groups in total. The van der Waals surface area contributed by atoms with Gasteiger partial charge in [-0.15, -0.1) is 0 Å². The molecule has 2 unspecified atom stereocenters. The average molecular weight is 430 g/mol. The highest BCUT2D eigenvalue weighted by atomic mass is 19.4. The lowest BCUT2D eigenvalue weighted by Crippen LogP contribution is -2.59. The van der Waals surface area contributed by atoms with Crippen molar-refractivity contribution in [1.29, 1.82) is 0 Å². The Morgan fingerprint density at radius 1 is 0.967 bits per heavy atom. The summed E-state index contributed by atoms with van der Waals surface area (Å²) in [5.74, 6) is -0.379. The highest BCUT2D eigenvalue weighted by Gasteiger charge is 2.66. The van der Waals surface area contributed by atoms with Crippen LogP contribution in [0.25, 0.3) is 0 Å². The fourth-order valence-electron chi connectivity index (χ4n) is 8.25. The summed E-state index contributed by atoms with van der Waals surface area (Å²) >= 11 is 0. The number of carbonyl (C=O) groups is 2. The predicted octanol–water partition coefficient (Wildman–Crippen LogP) is 4.40. The number of ketones is 1. The van der Waals surface area contributed by atoms with Crippen LogP contribution < -0.4 is 5.32 Å². The molecule has 0 aliphatic heterocycles. The van der Waals surface area contributed by atoms with Gasteiger partial charge in [0.2, 0.25) is 0 Å². The van der Waals surface area contributed by atoms with Crippen LogP contribution in [0.3, 0.4) is 0 Å². The maximum Gasteiger partial charge on any atom is 0.471 e. The zero-order valence-corrected chi connectivity index (χ0v) is 18.1. The molecule has 0 heterocycles. The van der Waals surface area contributed by atoms with Gasteiger partial charge >= 0.3 is 12.1 Å². The van der Waals surface area contributed by atoms with Crippen LogP contribution in [0.1, 0.15) is 78.6 Å². The average Bonchev–Trinajstić information content (AvgIpc) is 2.94. The molecule has 4 fully saturated rings. The minimum Gasteiger partial charge on any atom is -0.382 e. The van der Waals surface area contributed by atoms with Crippen molar-refractivity contribution in [1.82, 2.24) is 5.32 Å². The maximum atomic E-state index is 12.7. The number of fused-ring (bicyclic) bond motifs is 5. The van der Waals surface area contributed by atoms with E-state index in [0.29, 0.717) is 42.9 Å². The maximum absolute atomic E-state index is 12.7. The van der Waals surface area contributed by atoms with E-state index in [-0.39, 0.29) is 16.6 Å². The summed E-state index contributed by atoms with van der Waals surface area (Å²) in [6.45, 7) is 5.90. The van der Waals surface area contributed by atoms with E-state index in [0.717, 1.165) is 38.5 Å². The molecule has 4 aliphatic rings. The van der Waals surface area contributed by atoms with Gasteiger partial charge in [-0.3, -0.25) is 9.59 Å². The van der Waals surface area contributed by atoms with Crippen LogP contribution in [0.5, 0.6) is 0 Å². The van der Waals surface area contributed by atoms with Gasteiger partial charge in [-0.1, -0.05) is 13.8 Å². The molecule has 0 saturated heterocycles. The van der Waals surface area contributed by atoms with E-state index < -0.39 is 23.7 Å². The summed E-state index contributed by atoms with van der Waals surface area (Å²) in [6.07, 6.45) is 2.32. The van der Waals surface area contributed by atoms with Gasteiger partial charge in [0.1, 0.15) is 5.60 Å². The molecule has 8 atom stereocenters. The molecule has 0 spiro atoms. The molecular formula is C23H34F3NO3. The zero-order valence-electron chi connectivity index (χ0n) is 18.1. The quantitative estimate of drug-likeness (QED) is 0.684. The van der Waals surface area contributed by atoms with Gasteiger partial charge < -0.3 is 10.4 Å². The number of hydrogen-bond acceptors (Lipinski definition) is 3. The number of hydrogen-bond donors (Lipinski definition) is 2. The Kier molecular flexibility index (Phi) is 5.11. The van der Waals surface area contributed by atoms with Crippen LogP contribution in [0.2, 0.25) is 0 Å². The topological polar surface area (TPSA) is 66.4 Å². The summed E-state index contributed by atoms with van der Waals surface area (Å²) in [7, 11) is 0. The second kappa shape index (κ2) is 6.94. The highest BCUT2D eigenvalue weighted by Crippen LogP contribution is 2.68. The molecular weight excluding hydrogens is 395 g/mol. The molecule has 0 bridgehead atoms. The van der Waals surface area contributed by atoms with Crippen LogP contribution in [0.4, 0.5) is 13.2 Å². The Hall–Kier alpha value is -1.11. The van der Waals surface area contributed by atoms with Crippen molar-refractivity contribution in [3.05, 3.63) is 0 Å². The van der Waals surface area contributed by atoms with Gasteiger partial charge in [0.25, 0.3) is 0 Å². The van der Waals surface area contributed by atoms with Gasteiger partial charge in [-0.05, 0) is 93.8 Å². The van der Waals surface area contributed by atoms with Crippen molar-refractivity contribution in [3.63, 3.8) is 0 Å². The summed E-state index contributed by atoms with van der Waals surface area (Å²) in [4.78, 5) is 23.7. The fourth-order valence-corrected chi connectivity index (χ4v) is 8.25. The molecule has 0 radical (unpaired) electrons. The van der Waals surface area contributed by atoms with Crippen molar-refractivity contribution < 1.29 is 27.9 Å². The number of nitrogens with one attached hydrogen (secondary N) is 1. The molecule has 0 aromatic carbocycles. The third-order valence-electron chi connectivity index (χ3n) is 9.99. The number of halogens is 3. The van der Waals surface area contributed by atoms with Crippen LogP contribution in [0.15, 0.2) is 0 Å². The first-order valence-electron chi connectivity index (χ1n) is 11.4. The number of alkyl halides is 3. The summed E-state index contributed by atoms with van der Waals surface area (Å²) in [5, 5.41) is 13.4.